The first kappa shape index (κ1) is 13.9. The molecule has 106 valence electrons. The monoisotopic (exact) mass is 265 g/mol. The lowest BCUT2D eigenvalue weighted by atomic mass is 10.3. The number of hydrogen-bond donors (Lipinski definition) is 1. The minimum Gasteiger partial charge on any atom is -0.379 e. The van der Waals surface area contributed by atoms with Crippen LogP contribution in [0.1, 0.15) is 32.4 Å². The summed E-state index contributed by atoms with van der Waals surface area (Å²) < 4.78 is 9.41. The summed E-state index contributed by atoms with van der Waals surface area (Å²) in [4.78, 5) is 4.39. The number of aromatic nitrogens is 4. The molecule has 0 amide bonds. The molecule has 2 rings (SSSR count). The van der Waals surface area contributed by atoms with Crippen LogP contribution in [-0.4, -0.2) is 32.0 Å². The van der Waals surface area contributed by atoms with Crippen molar-refractivity contribution in [2.75, 3.05) is 12.3 Å². The van der Waals surface area contributed by atoms with Crippen LogP contribution in [0.4, 0.5) is 5.95 Å². The van der Waals surface area contributed by atoms with Crippen LogP contribution in [0.15, 0.2) is 0 Å². The maximum absolute atomic E-state index is 5.98. The standard InChI is InChI=1S/C13H23N5O/c1-9(2)19-8-6-5-7-18-12-11(15-13(18)14)10(3)16-17(12)4/h9H,5-8H2,1-4H3,(H2,14,15). The van der Waals surface area contributed by atoms with E-state index in [1.54, 1.807) is 0 Å². The van der Waals surface area contributed by atoms with Crippen molar-refractivity contribution in [2.24, 2.45) is 7.05 Å². The number of nitrogens with zero attached hydrogens (tertiary/aromatic N) is 4. The number of nitrogens with two attached hydrogens (primary N) is 1. The molecule has 0 saturated heterocycles. The number of anilines is 1. The highest BCUT2D eigenvalue weighted by Crippen LogP contribution is 2.20. The molecule has 2 aromatic heterocycles. The number of fused-ring (bicyclic) bond motifs is 1. The average molecular weight is 265 g/mol. The van der Waals surface area contributed by atoms with Crippen molar-refractivity contribution < 1.29 is 4.74 Å². The zero-order valence-corrected chi connectivity index (χ0v) is 12.2. The highest BCUT2D eigenvalue weighted by molar-refractivity contribution is 5.77. The fourth-order valence-electron chi connectivity index (χ4n) is 2.26. The van der Waals surface area contributed by atoms with Crippen LogP contribution in [0.2, 0.25) is 0 Å². The summed E-state index contributed by atoms with van der Waals surface area (Å²) in [6.07, 6.45) is 2.34. The van der Waals surface area contributed by atoms with Crippen LogP contribution >= 0.6 is 0 Å². The Labute approximate surface area is 113 Å². The summed E-state index contributed by atoms with van der Waals surface area (Å²) in [5.41, 5.74) is 8.80. The van der Waals surface area contributed by atoms with Crippen LogP contribution in [-0.2, 0) is 18.3 Å². The van der Waals surface area contributed by atoms with E-state index >= 15 is 0 Å². The van der Waals surface area contributed by atoms with E-state index in [1.165, 1.54) is 0 Å². The van der Waals surface area contributed by atoms with Gasteiger partial charge in [0.15, 0.2) is 5.65 Å². The van der Waals surface area contributed by atoms with Crippen molar-refractivity contribution in [1.29, 1.82) is 0 Å². The molecule has 0 bridgehead atoms. The average Bonchev–Trinajstić information content (AvgIpc) is 2.78. The quantitative estimate of drug-likeness (QED) is 0.809. The SMILES string of the molecule is Cc1nn(C)c2c1nc(N)n2CCCCOC(C)C. The third kappa shape index (κ3) is 2.89. The minimum absolute atomic E-state index is 0.296. The molecular weight excluding hydrogens is 242 g/mol. The fraction of sp³-hybridized carbons (Fsp3) is 0.692. The van der Waals surface area contributed by atoms with Gasteiger partial charge >= 0.3 is 0 Å². The third-order valence-electron chi connectivity index (χ3n) is 3.15. The Morgan fingerprint density at radius 2 is 2.05 bits per heavy atom. The fourth-order valence-corrected chi connectivity index (χ4v) is 2.26. The van der Waals surface area contributed by atoms with Gasteiger partial charge in [0.1, 0.15) is 5.52 Å². The van der Waals surface area contributed by atoms with E-state index in [0.29, 0.717) is 12.1 Å². The second-order valence-corrected chi connectivity index (χ2v) is 5.13. The smallest absolute Gasteiger partial charge is 0.202 e. The van der Waals surface area contributed by atoms with Crippen molar-refractivity contribution >= 4 is 17.1 Å². The maximum Gasteiger partial charge on any atom is 0.202 e. The second kappa shape index (κ2) is 5.61. The normalized spacial score (nSPS) is 11.8. The van der Waals surface area contributed by atoms with Gasteiger partial charge in [-0.05, 0) is 33.6 Å². The topological polar surface area (TPSA) is 70.9 Å². The van der Waals surface area contributed by atoms with Gasteiger partial charge in [0.05, 0.1) is 11.8 Å². The molecule has 0 unspecified atom stereocenters. The molecule has 6 heteroatoms. The molecule has 2 heterocycles. The second-order valence-electron chi connectivity index (χ2n) is 5.13. The van der Waals surface area contributed by atoms with Crippen LogP contribution in [0, 0.1) is 6.92 Å². The summed E-state index contributed by atoms with van der Waals surface area (Å²) in [5.74, 6) is 0.566. The van der Waals surface area contributed by atoms with Gasteiger partial charge in [-0.15, -0.1) is 0 Å². The number of aryl methyl sites for hydroxylation is 3. The van der Waals surface area contributed by atoms with Crippen molar-refractivity contribution in [1.82, 2.24) is 19.3 Å². The lowest BCUT2D eigenvalue weighted by molar-refractivity contribution is 0.0755. The molecule has 0 aromatic carbocycles. The van der Waals surface area contributed by atoms with Crippen molar-refractivity contribution in [2.45, 2.75) is 46.3 Å². The zero-order valence-electron chi connectivity index (χ0n) is 12.2. The van der Waals surface area contributed by atoms with E-state index in [4.69, 9.17) is 10.5 Å². The number of ether oxygens (including phenoxy) is 1. The molecule has 0 spiro atoms. The van der Waals surface area contributed by atoms with Gasteiger partial charge in [-0.2, -0.15) is 5.10 Å². The predicted molar refractivity (Wildman–Crippen MR) is 76.0 cm³/mol. The number of unbranched alkanes of at least 4 members (excludes halogenated alkanes) is 1. The predicted octanol–water partition coefficient (Wildman–Crippen LogP) is 1.87. The molecular formula is C13H23N5O. The highest BCUT2D eigenvalue weighted by Gasteiger charge is 2.14. The van der Waals surface area contributed by atoms with Crippen LogP contribution in [0.25, 0.3) is 11.2 Å². The van der Waals surface area contributed by atoms with Gasteiger partial charge in [-0.25, -0.2) is 4.98 Å². The van der Waals surface area contributed by atoms with Gasteiger partial charge in [0, 0.05) is 20.2 Å². The number of nitrogen functional groups attached to an aromatic ring is 1. The van der Waals surface area contributed by atoms with Crippen LogP contribution < -0.4 is 5.73 Å². The largest absolute Gasteiger partial charge is 0.379 e. The molecule has 19 heavy (non-hydrogen) atoms. The first-order chi connectivity index (χ1) is 9.00. The van der Waals surface area contributed by atoms with Gasteiger partial charge in [0.25, 0.3) is 0 Å². The van der Waals surface area contributed by atoms with E-state index in [9.17, 15) is 0 Å². The van der Waals surface area contributed by atoms with Crippen LogP contribution in [0.5, 0.6) is 0 Å². The minimum atomic E-state index is 0.296. The molecule has 0 aliphatic heterocycles. The van der Waals surface area contributed by atoms with Gasteiger partial charge < -0.3 is 10.5 Å². The van der Waals surface area contributed by atoms with E-state index in [-0.39, 0.29) is 0 Å². The van der Waals surface area contributed by atoms with E-state index in [0.717, 1.165) is 42.9 Å². The summed E-state index contributed by atoms with van der Waals surface area (Å²) in [6, 6.07) is 0. The molecule has 0 atom stereocenters. The van der Waals surface area contributed by atoms with E-state index in [2.05, 4.69) is 23.9 Å². The van der Waals surface area contributed by atoms with Gasteiger partial charge in [0.2, 0.25) is 5.95 Å². The number of hydrogen-bond acceptors (Lipinski definition) is 4. The van der Waals surface area contributed by atoms with Crippen LogP contribution in [0.3, 0.4) is 0 Å². The Balaban J connectivity index is 2.02. The highest BCUT2D eigenvalue weighted by atomic mass is 16.5. The molecule has 0 radical (unpaired) electrons. The Hall–Kier alpha value is -1.56. The summed E-state index contributed by atoms with van der Waals surface area (Å²) in [5, 5.41) is 4.37. The van der Waals surface area contributed by atoms with Crippen molar-refractivity contribution in [3.63, 3.8) is 0 Å². The van der Waals surface area contributed by atoms with Gasteiger partial charge in [-0.3, -0.25) is 9.25 Å². The van der Waals surface area contributed by atoms with E-state index in [1.807, 2.05) is 23.2 Å². The Morgan fingerprint density at radius 1 is 1.32 bits per heavy atom. The Morgan fingerprint density at radius 3 is 2.74 bits per heavy atom. The number of rotatable bonds is 6. The summed E-state index contributed by atoms with van der Waals surface area (Å²) >= 11 is 0. The Kier molecular flexibility index (Phi) is 4.09. The summed E-state index contributed by atoms with van der Waals surface area (Å²) in [7, 11) is 1.93. The summed E-state index contributed by atoms with van der Waals surface area (Å²) in [6.45, 7) is 7.70. The zero-order chi connectivity index (χ0) is 14.0. The van der Waals surface area contributed by atoms with Crippen molar-refractivity contribution in [3.05, 3.63) is 5.69 Å². The van der Waals surface area contributed by atoms with E-state index < -0.39 is 0 Å². The first-order valence-corrected chi connectivity index (χ1v) is 6.77. The molecule has 6 nitrogen and oxygen atoms in total. The lowest BCUT2D eigenvalue weighted by Gasteiger charge is -2.09. The van der Waals surface area contributed by atoms with Crippen molar-refractivity contribution in [3.8, 4) is 0 Å². The molecule has 2 N–H and O–H groups in total. The Bertz CT molecular complexity index is 555. The lowest BCUT2D eigenvalue weighted by Crippen LogP contribution is -2.09. The number of imidazole rings is 1. The first-order valence-electron chi connectivity index (χ1n) is 6.77. The molecule has 0 aliphatic carbocycles. The molecule has 0 fully saturated rings. The van der Waals surface area contributed by atoms with Gasteiger partial charge in [-0.1, -0.05) is 0 Å². The molecule has 0 aliphatic rings. The molecule has 0 saturated carbocycles. The maximum atomic E-state index is 5.98. The third-order valence-corrected chi connectivity index (χ3v) is 3.15. The molecule has 2 aromatic rings.